The van der Waals surface area contributed by atoms with E-state index in [2.05, 4.69) is 20.7 Å². The molecule has 0 saturated heterocycles. The van der Waals surface area contributed by atoms with E-state index in [1.807, 2.05) is 0 Å². The van der Waals surface area contributed by atoms with E-state index in [4.69, 9.17) is 5.11 Å². The second-order valence-electron chi connectivity index (χ2n) is 2.51. The van der Waals surface area contributed by atoms with Crippen molar-refractivity contribution < 1.29 is 13.5 Å². The van der Waals surface area contributed by atoms with Crippen LogP contribution in [0, 0.1) is 0 Å². The Hall–Kier alpha value is 0.0500. The standard InChI is InChI=1S/C7H10BrNO3S2/c1-2-9-14(11,12)6-3-5(4-10)13-7(6)8/h3,9-10H,2,4H2,1H3. The van der Waals surface area contributed by atoms with E-state index >= 15 is 0 Å². The van der Waals surface area contributed by atoms with Crippen molar-refractivity contribution in [2.45, 2.75) is 18.4 Å². The van der Waals surface area contributed by atoms with Crippen LogP contribution < -0.4 is 4.72 Å². The van der Waals surface area contributed by atoms with Crippen LogP contribution in [0.2, 0.25) is 0 Å². The molecule has 80 valence electrons. The second kappa shape index (κ2) is 4.71. The van der Waals surface area contributed by atoms with E-state index in [-0.39, 0.29) is 11.5 Å². The largest absolute Gasteiger partial charge is 0.391 e. The van der Waals surface area contributed by atoms with Gasteiger partial charge in [-0.3, -0.25) is 0 Å². The molecule has 1 aromatic heterocycles. The van der Waals surface area contributed by atoms with Crippen LogP contribution in [0.5, 0.6) is 0 Å². The summed E-state index contributed by atoms with van der Waals surface area (Å²) in [7, 11) is -3.43. The first-order chi connectivity index (χ1) is 6.51. The molecule has 0 unspecified atom stereocenters. The van der Waals surface area contributed by atoms with Gasteiger partial charge < -0.3 is 5.11 Å². The highest BCUT2D eigenvalue weighted by molar-refractivity contribution is 9.11. The van der Waals surface area contributed by atoms with Crippen molar-refractivity contribution in [3.63, 3.8) is 0 Å². The summed E-state index contributed by atoms with van der Waals surface area (Å²) in [6, 6.07) is 1.47. The Balaban J connectivity index is 3.12. The van der Waals surface area contributed by atoms with Gasteiger partial charge in [-0.25, -0.2) is 13.1 Å². The lowest BCUT2D eigenvalue weighted by Crippen LogP contribution is -2.22. The molecule has 0 aliphatic rings. The van der Waals surface area contributed by atoms with Crippen molar-refractivity contribution in [3.05, 3.63) is 14.7 Å². The number of hydrogen-bond donors (Lipinski definition) is 2. The molecule has 0 fully saturated rings. The van der Waals surface area contributed by atoms with Gasteiger partial charge in [0, 0.05) is 11.4 Å². The van der Waals surface area contributed by atoms with E-state index < -0.39 is 10.0 Å². The van der Waals surface area contributed by atoms with Gasteiger partial charge in [-0.1, -0.05) is 6.92 Å². The summed E-state index contributed by atoms with van der Waals surface area (Å²) in [5.41, 5.74) is 0. The lowest BCUT2D eigenvalue weighted by atomic mass is 10.5. The average molecular weight is 300 g/mol. The second-order valence-corrected chi connectivity index (χ2v) is 6.70. The Bertz CT molecular complexity index is 413. The third-order valence-electron chi connectivity index (χ3n) is 1.49. The minimum Gasteiger partial charge on any atom is -0.391 e. The van der Waals surface area contributed by atoms with E-state index in [9.17, 15) is 8.42 Å². The normalized spacial score (nSPS) is 11.9. The Morgan fingerprint density at radius 3 is 2.71 bits per heavy atom. The quantitative estimate of drug-likeness (QED) is 0.881. The fraction of sp³-hybridized carbons (Fsp3) is 0.429. The highest BCUT2D eigenvalue weighted by atomic mass is 79.9. The molecule has 0 bridgehead atoms. The summed E-state index contributed by atoms with van der Waals surface area (Å²) in [6.45, 7) is 1.91. The van der Waals surface area contributed by atoms with Crippen LogP contribution in [0.15, 0.2) is 14.7 Å². The molecular formula is C7H10BrNO3S2. The predicted molar refractivity (Wildman–Crippen MR) is 58.8 cm³/mol. The molecule has 7 heteroatoms. The fourth-order valence-corrected chi connectivity index (χ4v) is 4.51. The first-order valence-electron chi connectivity index (χ1n) is 3.90. The third-order valence-corrected chi connectivity index (χ3v) is 5.27. The highest BCUT2D eigenvalue weighted by Gasteiger charge is 2.19. The predicted octanol–water partition coefficient (Wildman–Crippen LogP) is 1.30. The number of sulfonamides is 1. The zero-order chi connectivity index (χ0) is 10.8. The summed E-state index contributed by atoms with van der Waals surface area (Å²) in [5.74, 6) is 0. The molecule has 2 N–H and O–H groups in total. The minimum absolute atomic E-state index is 0.148. The molecule has 4 nitrogen and oxygen atoms in total. The SMILES string of the molecule is CCNS(=O)(=O)c1cc(CO)sc1Br. The highest BCUT2D eigenvalue weighted by Crippen LogP contribution is 2.31. The number of thiophene rings is 1. The zero-order valence-electron chi connectivity index (χ0n) is 7.45. The Labute approximate surface area is 95.1 Å². The molecule has 0 amide bonds. The van der Waals surface area contributed by atoms with Crippen LogP contribution in [0.1, 0.15) is 11.8 Å². The average Bonchev–Trinajstić information content (AvgIpc) is 2.47. The lowest BCUT2D eigenvalue weighted by Gasteiger charge is -2.01. The smallest absolute Gasteiger partial charge is 0.242 e. The topological polar surface area (TPSA) is 66.4 Å². The van der Waals surface area contributed by atoms with Crippen molar-refractivity contribution in [1.29, 1.82) is 0 Å². The molecule has 1 aromatic rings. The van der Waals surface area contributed by atoms with Crippen molar-refractivity contribution in [2.75, 3.05) is 6.54 Å². The molecule has 0 saturated carbocycles. The monoisotopic (exact) mass is 299 g/mol. The van der Waals surface area contributed by atoms with Gasteiger partial charge in [0.05, 0.1) is 10.4 Å². The molecule has 1 heterocycles. The number of nitrogens with one attached hydrogen (secondary N) is 1. The number of hydrogen-bond acceptors (Lipinski definition) is 4. The molecule has 1 rings (SSSR count). The molecule has 14 heavy (non-hydrogen) atoms. The third kappa shape index (κ3) is 2.54. The fourth-order valence-electron chi connectivity index (χ4n) is 0.927. The number of aliphatic hydroxyl groups is 1. The maximum absolute atomic E-state index is 11.6. The number of halogens is 1. The van der Waals surface area contributed by atoms with Gasteiger partial charge in [-0.05, 0) is 22.0 Å². The summed E-state index contributed by atoms with van der Waals surface area (Å²) in [4.78, 5) is 0.807. The van der Waals surface area contributed by atoms with Gasteiger partial charge in [0.1, 0.15) is 4.90 Å². The summed E-state index contributed by atoms with van der Waals surface area (Å²) < 4.78 is 26.0. The van der Waals surface area contributed by atoms with Gasteiger partial charge in [0.25, 0.3) is 0 Å². The first kappa shape index (κ1) is 12.1. The minimum atomic E-state index is -3.43. The van der Waals surface area contributed by atoms with Crippen LogP contribution in [-0.2, 0) is 16.6 Å². The van der Waals surface area contributed by atoms with Crippen LogP contribution in [0.4, 0.5) is 0 Å². The maximum Gasteiger partial charge on any atom is 0.242 e. The van der Waals surface area contributed by atoms with Crippen LogP contribution in [-0.4, -0.2) is 20.1 Å². The first-order valence-corrected chi connectivity index (χ1v) is 6.99. The van der Waals surface area contributed by atoms with Gasteiger partial charge in [-0.15, -0.1) is 11.3 Å². The van der Waals surface area contributed by atoms with Crippen molar-refractivity contribution in [1.82, 2.24) is 4.72 Å². The maximum atomic E-state index is 11.6. The molecule has 0 aliphatic carbocycles. The summed E-state index contributed by atoms with van der Waals surface area (Å²) in [6.07, 6.45) is 0. The van der Waals surface area contributed by atoms with Crippen molar-refractivity contribution >= 4 is 37.3 Å². The summed E-state index contributed by atoms with van der Waals surface area (Å²) in [5, 5.41) is 8.85. The van der Waals surface area contributed by atoms with Gasteiger partial charge in [0.2, 0.25) is 10.0 Å². The number of rotatable bonds is 4. The van der Waals surface area contributed by atoms with E-state index in [0.29, 0.717) is 15.2 Å². The molecule has 0 spiro atoms. The van der Waals surface area contributed by atoms with E-state index in [1.54, 1.807) is 6.92 Å². The molecule has 0 atom stereocenters. The number of aliphatic hydroxyl groups excluding tert-OH is 1. The van der Waals surface area contributed by atoms with E-state index in [0.717, 1.165) is 0 Å². The van der Waals surface area contributed by atoms with Crippen LogP contribution in [0.25, 0.3) is 0 Å². The zero-order valence-corrected chi connectivity index (χ0v) is 10.7. The Morgan fingerprint density at radius 2 is 2.29 bits per heavy atom. The molecule has 0 aromatic carbocycles. The van der Waals surface area contributed by atoms with Gasteiger partial charge in [-0.2, -0.15) is 0 Å². The molecule has 0 aliphatic heterocycles. The van der Waals surface area contributed by atoms with Crippen LogP contribution >= 0.6 is 27.3 Å². The molecular weight excluding hydrogens is 290 g/mol. The van der Waals surface area contributed by atoms with Gasteiger partial charge in [0.15, 0.2) is 0 Å². The Kier molecular flexibility index (Phi) is 4.08. The van der Waals surface area contributed by atoms with Crippen LogP contribution in [0.3, 0.4) is 0 Å². The molecule has 0 radical (unpaired) electrons. The van der Waals surface area contributed by atoms with Gasteiger partial charge >= 0.3 is 0 Å². The Morgan fingerprint density at radius 1 is 1.64 bits per heavy atom. The lowest BCUT2D eigenvalue weighted by molar-refractivity contribution is 0.285. The summed E-state index contributed by atoms with van der Waals surface area (Å²) >= 11 is 4.37. The van der Waals surface area contributed by atoms with Crippen molar-refractivity contribution in [3.8, 4) is 0 Å². The van der Waals surface area contributed by atoms with E-state index in [1.165, 1.54) is 17.4 Å². The van der Waals surface area contributed by atoms with Crippen molar-refractivity contribution in [2.24, 2.45) is 0 Å².